The molecule has 1 aliphatic rings. The average molecular weight is 442 g/mol. The van der Waals surface area contributed by atoms with Crippen LogP contribution >= 0.6 is 0 Å². The Balaban J connectivity index is 1.58. The largest absolute Gasteiger partial charge is 0.504 e. The molecule has 1 atom stereocenters. The minimum absolute atomic E-state index is 0.0479. The van der Waals surface area contributed by atoms with Crippen LogP contribution in [0.5, 0.6) is 17.2 Å². The third-order valence-electron chi connectivity index (χ3n) is 5.53. The van der Waals surface area contributed by atoms with E-state index in [0.29, 0.717) is 46.2 Å². The van der Waals surface area contributed by atoms with E-state index in [1.807, 2.05) is 42.5 Å². The van der Waals surface area contributed by atoms with Gasteiger partial charge in [0.2, 0.25) is 0 Å². The van der Waals surface area contributed by atoms with E-state index in [1.54, 1.807) is 31.2 Å². The van der Waals surface area contributed by atoms with E-state index in [2.05, 4.69) is 10.4 Å². The number of methoxy groups -OCH3 is 1. The second-order valence-electron chi connectivity index (χ2n) is 7.70. The predicted octanol–water partition coefficient (Wildman–Crippen LogP) is 4.22. The summed E-state index contributed by atoms with van der Waals surface area (Å²) in [6.07, 6.45) is -0.0831. The summed E-state index contributed by atoms with van der Waals surface area (Å²) in [6, 6.07) is 19.8. The number of ether oxygens (including phenoxy) is 2. The average Bonchev–Trinajstić information content (AvgIpc) is 3.01. The van der Waals surface area contributed by atoms with Crippen LogP contribution in [0.25, 0.3) is 10.9 Å². The Bertz CT molecular complexity index is 1440. The Kier molecular flexibility index (Phi) is 5.18. The van der Waals surface area contributed by atoms with Crippen molar-refractivity contribution in [2.24, 2.45) is 4.99 Å². The second kappa shape index (κ2) is 8.31. The summed E-state index contributed by atoms with van der Waals surface area (Å²) >= 11 is 0. The molecular formula is C25H22N4O4. The van der Waals surface area contributed by atoms with Crippen molar-refractivity contribution in [1.29, 1.82) is 0 Å². The fraction of sp³-hybridized carbons (Fsp3) is 0.160. The standard InChI is InChI=1S/C25H22N4O4/c1-15-26-18-8-4-3-7-17(18)25(31)29(15)28-24-14-22(16-11-12-20(30)23(13-16)32-2)33-21-10-6-5-9-19(21)27-24/h3-13,22,30H,14H2,1-2H3,(H,27,28). The number of fused-ring (bicyclic) bond motifs is 2. The van der Waals surface area contributed by atoms with E-state index >= 15 is 0 Å². The number of phenols is 1. The smallest absolute Gasteiger partial charge is 0.280 e. The highest BCUT2D eigenvalue weighted by Crippen LogP contribution is 2.38. The van der Waals surface area contributed by atoms with Crippen molar-refractivity contribution >= 4 is 22.4 Å². The highest BCUT2D eigenvalue weighted by atomic mass is 16.5. The summed E-state index contributed by atoms with van der Waals surface area (Å²) in [5.74, 6) is 2.08. The molecule has 0 amide bonds. The van der Waals surface area contributed by atoms with Gasteiger partial charge in [0.15, 0.2) is 11.5 Å². The number of nitrogens with one attached hydrogen (secondary N) is 1. The fourth-order valence-corrected chi connectivity index (χ4v) is 3.87. The number of aromatic hydroxyl groups is 1. The van der Waals surface area contributed by atoms with Crippen LogP contribution in [-0.4, -0.2) is 27.7 Å². The van der Waals surface area contributed by atoms with Gasteiger partial charge in [-0.3, -0.25) is 10.2 Å². The summed E-state index contributed by atoms with van der Waals surface area (Å²) in [5.41, 5.74) is 5.05. The van der Waals surface area contributed by atoms with Crippen molar-refractivity contribution in [3.05, 3.63) is 88.5 Å². The van der Waals surface area contributed by atoms with Gasteiger partial charge < -0.3 is 14.6 Å². The summed E-state index contributed by atoms with van der Waals surface area (Å²) in [4.78, 5) is 22.5. The third-order valence-corrected chi connectivity index (χ3v) is 5.53. The van der Waals surface area contributed by atoms with Gasteiger partial charge >= 0.3 is 0 Å². The number of hydrogen-bond donors (Lipinski definition) is 2. The molecule has 1 aromatic heterocycles. The van der Waals surface area contributed by atoms with E-state index in [4.69, 9.17) is 14.5 Å². The quantitative estimate of drug-likeness (QED) is 0.493. The Labute approximate surface area is 189 Å². The van der Waals surface area contributed by atoms with E-state index in [1.165, 1.54) is 11.8 Å². The molecule has 8 nitrogen and oxygen atoms in total. The van der Waals surface area contributed by atoms with Crippen LogP contribution in [0.15, 0.2) is 76.5 Å². The lowest BCUT2D eigenvalue weighted by atomic mass is 10.1. The number of aromatic nitrogens is 2. The number of amidine groups is 1. The van der Waals surface area contributed by atoms with Crippen LogP contribution < -0.4 is 20.5 Å². The molecular weight excluding hydrogens is 420 g/mol. The third kappa shape index (κ3) is 3.87. The molecule has 5 rings (SSSR count). The van der Waals surface area contributed by atoms with Gasteiger partial charge in [-0.1, -0.05) is 30.3 Å². The summed E-state index contributed by atoms with van der Waals surface area (Å²) < 4.78 is 13.0. The lowest BCUT2D eigenvalue weighted by Gasteiger charge is -2.20. The summed E-state index contributed by atoms with van der Waals surface area (Å²) in [7, 11) is 1.50. The maximum absolute atomic E-state index is 13.2. The first-order valence-electron chi connectivity index (χ1n) is 10.5. The molecule has 0 spiro atoms. The Morgan fingerprint density at radius 1 is 1.12 bits per heavy atom. The van der Waals surface area contributed by atoms with Crippen LogP contribution in [0, 0.1) is 6.92 Å². The van der Waals surface area contributed by atoms with E-state index in [9.17, 15) is 9.90 Å². The normalized spacial score (nSPS) is 15.2. The monoisotopic (exact) mass is 442 g/mol. The van der Waals surface area contributed by atoms with Gasteiger partial charge in [-0.2, -0.15) is 0 Å². The van der Waals surface area contributed by atoms with Gasteiger partial charge in [0, 0.05) is 6.42 Å². The maximum Gasteiger partial charge on any atom is 0.280 e. The first-order chi connectivity index (χ1) is 16.0. The predicted molar refractivity (Wildman–Crippen MR) is 126 cm³/mol. The highest BCUT2D eigenvalue weighted by Gasteiger charge is 2.24. The van der Waals surface area contributed by atoms with Gasteiger partial charge in [0.05, 0.1) is 18.0 Å². The molecule has 0 saturated carbocycles. The molecule has 2 heterocycles. The second-order valence-corrected chi connectivity index (χ2v) is 7.70. The SMILES string of the molecule is COc1cc(C2CC(Nn3c(C)nc4ccccc4c3=O)=Nc3ccccc3O2)ccc1O. The molecule has 1 unspecified atom stereocenters. The number of para-hydroxylation sites is 3. The zero-order valence-corrected chi connectivity index (χ0v) is 18.1. The van der Waals surface area contributed by atoms with Crippen molar-refractivity contribution in [2.45, 2.75) is 19.4 Å². The van der Waals surface area contributed by atoms with Crippen molar-refractivity contribution in [2.75, 3.05) is 12.5 Å². The Morgan fingerprint density at radius 2 is 1.91 bits per heavy atom. The minimum Gasteiger partial charge on any atom is -0.504 e. The topological polar surface area (TPSA) is 98.0 Å². The van der Waals surface area contributed by atoms with Gasteiger partial charge in [-0.25, -0.2) is 14.7 Å². The van der Waals surface area contributed by atoms with Gasteiger partial charge in [0.1, 0.15) is 29.2 Å². The first kappa shape index (κ1) is 20.6. The molecule has 4 aromatic rings. The van der Waals surface area contributed by atoms with Crippen LogP contribution in [-0.2, 0) is 0 Å². The molecule has 2 N–H and O–H groups in total. The molecule has 0 saturated heterocycles. The van der Waals surface area contributed by atoms with Crippen LogP contribution in [0.2, 0.25) is 0 Å². The first-order valence-corrected chi connectivity index (χ1v) is 10.5. The molecule has 1 aliphatic heterocycles. The number of benzene rings is 3. The number of nitrogens with zero attached hydrogens (tertiary/aromatic N) is 3. The molecule has 8 heteroatoms. The van der Waals surface area contributed by atoms with Gasteiger partial charge in [-0.15, -0.1) is 0 Å². The number of rotatable bonds is 3. The van der Waals surface area contributed by atoms with Gasteiger partial charge in [0.25, 0.3) is 5.56 Å². The molecule has 33 heavy (non-hydrogen) atoms. The van der Waals surface area contributed by atoms with Crippen molar-refractivity contribution in [1.82, 2.24) is 9.66 Å². The van der Waals surface area contributed by atoms with E-state index < -0.39 is 6.10 Å². The zero-order valence-electron chi connectivity index (χ0n) is 18.1. The van der Waals surface area contributed by atoms with Gasteiger partial charge in [-0.05, 0) is 48.9 Å². The van der Waals surface area contributed by atoms with Crippen LogP contribution in [0.4, 0.5) is 5.69 Å². The molecule has 3 aromatic carbocycles. The Morgan fingerprint density at radius 3 is 2.76 bits per heavy atom. The number of aliphatic imine (C=N–C) groups is 1. The maximum atomic E-state index is 13.2. The molecule has 0 radical (unpaired) electrons. The van der Waals surface area contributed by atoms with Crippen molar-refractivity contribution in [3.8, 4) is 17.2 Å². The number of aryl methyl sites for hydroxylation is 1. The van der Waals surface area contributed by atoms with E-state index in [0.717, 1.165) is 5.56 Å². The lowest BCUT2D eigenvalue weighted by molar-refractivity contribution is 0.216. The summed E-state index contributed by atoms with van der Waals surface area (Å²) in [6.45, 7) is 1.77. The Hall–Kier alpha value is -4.33. The van der Waals surface area contributed by atoms with Crippen molar-refractivity contribution < 1.29 is 14.6 Å². The lowest BCUT2D eigenvalue weighted by Crippen LogP contribution is -2.36. The summed E-state index contributed by atoms with van der Waals surface area (Å²) in [5, 5.41) is 10.5. The molecule has 166 valence electrons. The fourth-order valence-electron chi connectivity index (χ4n) is 3.87. The van der Waals surface area contributed by atoms with Crippen LogP contribution in [0.1, 0.15) is 23.9 Å². The molecule has 0 fully saturated rings. The number of phenolic OH excluding ortho intramolecular Hbond substituents is 1. The van der Waals surface area contributed by atoms with Crippen molar-refractivity contribution in [3.63, 3.8) is 0 Å². The zero-order chi connectivity index (χ0) is 22.9. The minimum atomic E-state index is -0.432. The highest BCUT2D eigenvalue weighted by molar-refractivity contribution is 5.93. The molecule has 0 bridgehead atoms. The number of hydrogen-bond acceptors (Lipinski definition) is 7. The van der Waals surface area contributed by atoms with Crippen LogP contribution in [0.3, 0.4) is 0 Å². The molecule has 0 aliphatic carbocycles. The van der Waals surface area contributed by atoms with E-state index in [-0.39, 0.29) is 11.3 Å².